The fraction of sp³-hybridized carbons (Fsp3) is 0.111. The van der Waals surface area contributed by atoms with Crippen LogP contribution in [0, 0.1) is 7.79 Å². The minimum Gasteiger partial charge on any atom is -0.428 e. The van der Waals surface area contributed by atoms with Crippen molar-refractivity contribution < 1.29 is 35.2 Å². The topological polar surface area (TPSA) is 77.8 Å². The lowest BCUT2D eigenvalue weighted by Crippen LogP contribution is -2.07. The molecule has 0 saturated carbocycles. The summed E-state index contributed by atoms with van der Waals surface area (Å²) >= 11 is 3.53. The first-order valence-corrected chi connectivity index (χ1v) is 10.5. The van der Waals surface area contributed by atoms with Crippen molar-refractivity contribution in [1.82, 2.24) is 19.9 Å². The summed E-state index contributed by atoms with van der Waals surface area (Å²) in [5, 5.41) is 0. The molecule has 0 aliphatic carbocycles. The van der Waals surface area contributed by atoms with Crippen LogP contribution < -0.4 is 0 Å². The van der Waals surface area contributed by atoms with Crippen molar-refractivity contribution in [2.45, 2.75) is 12.4 Å². The van der Waals surface area contributed by atoms with Gasteiger partial charge in [-0.05, 0) is 24.3 Å². The number of halogens is 8. The molecule has 166 valence electrons. The quantitative estimate of drug-likeness (QED) is 0.178. The fourth-order valence-electron chi connectivity index (χ4n) is 2.69. The van der Waals surface area contributed by atoms with Crippen LogP contribution >= 0.6 is 45.2 Å². The Bertz CT molecular complexity index is 1170. The Morgan fingerprint density at radius 2 is 1.00 bits per heavy atom. The molecule has 4 rings (SSSR count). The van der Waals surface area contributed by atoms with Crippen LogP contribution in [0.25, 0.3) is 34.0 Å². The predicted molar refractivity (Wildman–Crippen MR) is 114 cm³/mol. The van der Waals surface area contributed by atoms with Gasteiger partial charge in [-0.25, -0.2) is 9.97 Å². The molecule has 0 amide bonds. The van der Waals surface area contributed by atoms with Crippen LogP contribution in [0.2, 0.25) is 0 Å². The van der Waals surface area contributed by atoms with Crippen LogP contribution in [0.4, 0.5) is 26.3 Å². The van der Waals surface area contributed by atoms with Crippen molar-refractivity contribution >= 4 is 45.2 Å². The highest BCUT2D eigenvalue weighted by Gasteiger charge is 2.34. The van der Waals surface area contributed by atoms with Crippen molar-refractivity contribution in [1.29, 1.82) is 0 Å². The molecule has 0 unspecified atom stereocenters. The lowest BCUT2D eigenvalue weighted by Gasteiger charge is -2.07. The maximum Gasteiger partial charge on any atom is 0.433 e. The molecular formula is C18H6F6I2N4O2. The third-order valence-electron chi connectivity index (χ3n) is 4.06. The number of oxazole rings is 2. The van der Waals surface area contributed by atoms with Gasteiger partial charge in [0.05, 0.1) is 0 Å². The van der Waals surface area contributed by atoms with Crippen LogP contribution in [0.1, 0.15) is 11.4 Å². The van der Waals surface area contributed by atoms with Crippen molar-refractivity contribution in [2.75, 3.05) is 0 Å². The molecular weight excluding hydrogens is 672 g/mol. The number of pyridine rings is 2. The molecule has 0 aliphatic heterocycles. The van der Waals surface area contributed by atoms with E-state index in [9.17, 15) is 26.3 Å². The largest absolute Gasteiger partial charge is 0.433 e. The summed E-state index contributed by atoms with van der Waals surface area (Å²) in [5.74, 6) is 0.0579. The van der Waals surface area contributed by atoms with Gasteiger partial charge in [0.15, 0.2) is 0 Å². The molecule has 4 heterocycles. The second kappa shape index (κ2) is 8.27. The summed E-state index contributed by atoms with van der Waals surface area (Å²) in [6.07, 6.45) is -7.24. The molecule has 4 aromatic heterocycles. The van der Waals surface area contributed by atoms with E-state index in [0.717, 1.165) is 24.5 Å². The molecule has 0 saturated heterocycles. The second-order valence-electron chi connectivity index (χ2n) is 6.15. The van der Waals surface area contributed by atoms with Gasteiger partial charge in [-0.1, -0.05) is 0 Å². The molecule has 0 aliphatic rings. The van der Waals surface area contributed by atoms with Gasteiger partial charge >= 0.3 is 12.4 Å². The van der Waals surface area contributed by atoms with E-state index < -0.39 is 23.7 Å². The van der Waals surface area contributed by atoms with Gasteiger partial charge < -0.3 is 8.83 Å². The number of alkyl halides is 6. The van der Waals surface area contributed by atoms with Crippen molar-refractivity contribution in [3.63, 3.8) is 0 Å². The van der Waals surface area contributed by atoms with E-state index in [0.29, 0.717) is 0 Å². The Balaban J connectivity index is 1.80. The third-order valence-corrected chi connectivity index (χ3v) is 4.99. The zero-order valence-electron chi connectivity index (χ0n) is 15.1. The highest BCUT2D eigenvalue weighted by molar-refractivity contribution is 14.1. The maximum atomic E-state index is 12.8. The number of rotatable bonds is 3. The van der Waals surface area contributed by atoms with Crippen LogP contribution in [-0.4, -0.2) is 19.9 Å². The average molecular weight is 678 g/mol. The number of nitrogens with zero attached hydrogens (tertiary/aromatic N) is 4. The zero-order valence-corrected chi connectivity index (χ0v) is 19.4. The van der Waals surface area contributed by atoms with Gasteiger partial charge in [-0.2, -0.15) is 26.3 Å². The summed E-state index contributed by atoms with van der Waals surface area (Å²) in [5.41, 5.74) is -1.47. The second-order valence-corrected chi connectivity index (χ2v) is 7.99. The van der Waals surface area contributed by atoms with E-state index in [-0.39, 0.29) is 41.8 Å². The number of hydrogen-bond donors (Lipinski definition) is 0. The molecule has 0 atom stereocenters. The Morgan fingerprint density at radius 3 is 1.28 bits per heavy atom. The van der Waals surface area contributed by atoms with E-state index in [1.54, 1.807) is 45.2 Å². The van der Waals surface area contributed by atoms with Crippen LogP contribution in [0.5, 0.6) is 0 Å². The highest BCUT2D eigenvalue weighted by atomic mass is 127. The van der Waals surface area contributed by atoms with Gasteiger partial charge in [-0.15, -0.1) is 0 Å². The highest BCUT2D eigenvalue weighted by Crippen LogP contribution is 2.40. The van der Waals surface area contributed by atoms with Crippen molar-refractivity contribution in [3.05, 3.63) is 55.8 Å². The molecule has 14 heteroatoms. The Morgan fingerprint density at radius 1 is 0.625 bits per heavy atom. The molecule has 6 nitrogen and oxygen atoms in total. The Kier molecular flexibility index (Phi) is 5.93. The zero-order chi connectivity index (χ0) is 23.3. The molecule has 0 bridgehead atoms. The summed E-state index contributed by atoms with van der Waals surface area (Å²) in [6, 6.07) is 3.94. The van der Waals surface area contributed by atoms with Gasteiger partial charge in [0.2, 0.25) is 11.5 Å². The van der Waals surface area contributed by atoms with Crippen molar-refractivity contribution in [2.24, 2.45) is 0 Å². The molecule has 4 aromatic rings. The monoisotopic (exact) mass is 678 g/mol. The third kappa shape index (κ3) is 4.60. The molecule has 0 N–H and O–H groups in total. The van der Waals surface area contributed by atoms with Crippen LogP contribution in [0.3, 0.4) is 0 Å². The first-order valence-electron chi connectivity index (χ1n) is 8.34. The summed E-state index contributed by atoms with van der Waals surface area (Å²) in [6.45, 7) is 0. The minimum absolute atomic E-state index is 0.0290. The van der Waals surface area contributed by atoms with Gasteiger partial charge in [-0.3, -0.25) is 9.97 Å². The normalized spacial score (nSPS) is 12.4. The van der Waals surface area contributed by atoms with Gasteiger partial charge in [0.25, 0.3) is 7.79 Å². The first-order chi connectivity index (χ1) is 14.9. The van der Waals surface area contributed by atoms with Crippen LogP contribution in [0.15, 0.2) is 45.5 Å². The summed E-state index contributed by atoms with van der Waals surface area (Å²) in [7, 11) is 0. The lowest BCUT2D eigenvalue weighted by atomic mass is 10.1. The van der Waals surface area contributed by atoms with E-state index in [4.69, 9.17) is 8.83 Å². The summed E-state index contributed by atoms with van der Waals surface area (Å²) in [4.78, 5) is 15.2. The van der Waals surface area contributed by atoms with Crippen molar-refractivity contribution in [3.8, 4) is 34.0 Å². The van der Waals surface area contributed by atoms with Gasteiger partial charge in [0, 0.05) is 68.7 Å². The maximum absolute atomic E-state index is 12.8. The van der Waals surface area contributed by atoms with E-state index in [1.807, 2.05) is 0 Å². The van der Waals surface area contributed by atoms with E-state index in [2.05, 4.69) is 19.9 Å². The molecule has 0 aromatic carbocycles. The standard InChI is InChI=1S/C18H6F6I2N4O2/c19-17(20,21)9-3-1-7(5-27-9)11-13(31-15(25)29-11)14-12(30-16(26)32-14)8-2-4-10(28-6-8)18(22,23)24/h1-6H. The molecule has 0 spiro atoms. The summed E-state index contributed by atoms with van der Waals surface area (Å²) < 4.78 is 88.4. The van der Waals surface area contributed by atoms with Gasteiger partial charge in [0.1, 0.15) is 22.8 Å². The average Bonchev–Trinajstić information content (AvgIpc) is 3.29. The molecule has 32 heavy (non-hydrogen) atoms. The minimum atomic E-state index is -4.61. The SMILES string of the molecule is FC(F)(F)c1ccc(-c2nc(I)oc2-c2oc(I)nc2-c2ccc(C(F)(F)F)nc2)cn1. The van der Waals surface area contributed by atoms with Crippen LogP contribution in [-0.2, 0) is 12.4 Å². The Hall–Kier alpha value is -2.24. The fourth-order valence-corrected chi connectivity index (χ4v) is 3.61. The number of aromatic nitrogens is 4. The molecule has 0 radical (unpaired) electrons. The number of hydrogen-bond acceptors (Lipinski definition) is 6. The lowest BCUT2D eigenvalue weighted by molar-refractivity contribution is -0.141. The van der Waals surface area contributed by atoms with E-state index in [1.165, 1.54) is 12.1 Å². The molecule has 0 fully saturated rings. The van der Waals surface area contributed by atoms with E-state index >= 15 is 0 Å². The predicted octanol–water partition coefficient (Wildman–Crippen LogP) is 6.70. The Labute approximate surface area is 201 Å². The smallest absolute Gasteiger partial charge is 0.428 e. The first kappa shape index (κ1) is 22.9.